The van der Waals surface area contributed by atoms with E-state index in [2.05, 4.69) is 25.7 Å². The van der Waals surface area contributed by atoms with Gasteiger partial charge in [-0.2, -0.15) is 5.10 Å². The zero-order valence-corrected chi connectivity index (χ0v) is 12.5. The Morgan fingerprint density at radius 3 is 2.77 bits per heavy atom. The fraction of sp³-hybridized carbons (Fsp3) is 0.357. The van der Waals surface area contributed by atoms with Gasteiger partial charge in [-0.05, 0) is 18.1 Å². The van der Waals surface area contributed by atoms with Gasteiger partial charge >= 0.3 is 0 Å². The molecule has 2 N–H and O–H groups in total. The molecule has 0 aliphatic heterocycles. The van der Waals surface area contributed by atoms with Gasteiger partial charge in [0.15, 0.2) is 5.96 Å². The van der Waals surface area contributed by atoms with E-state index in [4.69, 9.17) is 0 Å². The summed E-state index contributed by atoms with van der Waals surface area (Å²) in [7, 11) is 3.45. The molecule has 1 aromatic carbocycles. The maximum absolute atomic E-state index is 13.5. The summed E-state index contributed by atoms with van der Waals surface area (Å²) in [5.74, 6) is 0.234. The highest BCUT2D eigenvalue weighted by atomic mass is 19.1. The zero-order chi connectivity index (χ0) is 15.9. The zero-order valence-electron chi connectivity index (χ0n) is 12.5. The molecular formula is C14H18F2N6. The summed E-state index contributed by atoms with van der Waals surface area (Å²) >= 11 is 0. The number of guanidine groups is 1. The molecule has 8 heteroatoms. The lowest BCUT2D eigenvalue weighted by atomic mass is 10.1. The Bertz CT molecular complexity index is 653. The molecule has 0 unspecified atom stereocenters. The Kier molecular flexibility index (Phi) is 5.40. The average Bonchev–Trinajstić information content (AvgIpc) is 2.90. The fourth-order valence-corrected chi connectivity index (χ4v) is 1.90. The van der Waals surface area contributed by atoms with Gasteiger partial charge in [0.1, 0.15) is 23.8 Å². The number of aromatic nitrogens is 3. The van der Waals surface area contributed by atoms with E-state index in [0.717, 1.165) is 11.9 Å². The third kappa shape index (κ3) is 4.24. The molecule has 0 spiro atoms. The summed E-state index contributed by atoms with van der Waals surface area (Å²) in [6.07, 6.45) is 1.90. The highest BCUT2D eigenvalue weighted by Gasteiger charge is 2.05. The van der Waals surface area contributed by atoms with E-state index in [1.807, 2.05) is 0 Å². The van der Waals surface area contributed by atoms with E-state index in [0.29, 0.717) is 31.0 Å². The van der Waals surface area contributed by atoms with Crippen molar-refractivity contribution in [3.63, 3.8) is 0 Å². The van der Waals surface area contributed by atoms with Crippen molar-refractivity contribution in [2.75, 3.05) is 13.6 Å². The summed E-state index contributed by atoms with van der Waals surface area (Å²) in [4.78, 5) is 8.16. The van der Waals surface area contributed by atoms with Crippen molar-refractivity contribution in [3.8, 4) is 0 Å². The summed E-state index contributed by atoms with van der Waals surface area (Å²) in [5.41, 5.74) is 0.456. The van der Waals surface area contributed by atoms with Gasteiger partial charge in [-0.3, -0.25) is 9.67 Å². The number of rotatable bonds is 5. The second kappa shape index (κ2) is 7.48. The van der Waals surface area contributed by atoms with Crippen molar-refractivity contribution in [2.45, 2.75) is 13.0 Å². The molecular weight excluding hydrogens is 290 g/mol. The smallest absolute Gasteiger partial charge is 0.191 e. The number of nitrogens with zero attached hydrogens (tertiary/aromatic N) is 4. The number of aliphatic imine (C=N–C) groups is 1. The monoisotopic (exact) mass is 308 g/mol. The maximum atomic E-state index is 13.5. The first-order valence-electron chi connectivity index (χ1n) is 6.81. The molecule has 0 saturated carbocycles. The molecule has 0 fully saturated rings. The first-order chi connectivity index (χ1) is 10.6. The van der Waals surface area contributed by atoms with Gasteiger partial charge in [0.25, 0.3) is 0 Å². The van der Waals surface area contributed by atoms with Crippen molar-refractivity contribution in [1.29, 1.82) is 0 Å². The Morgan fingerprint density at radius 2 is 2.14 bits per heavy atom. The summed E-state index contributed by atoms with van der Waals surface area (Å²) in [6, 6.07) is 3.58. The third-order valence-electron chi connectivity index (χ3n) is 3.14. The third-order valence-corrected chi connectivity index (χ3v) is 3.14. The first kappa shape index (κ1) is 15.9. The number of nitrogens with one attached hydrogen (secondary N) is 2. The summed E-state index contributed by atoms with van der Waals surface area (Å²) in [5, 5.41) is 10.1. The molecule has 0 bridgehead atoms. The van der Waals surface area contributed by atoms with E-state index in [9.17, 15) is 8.78 Å². The van der Waals surface area contributed by atoms with Crippen LogP contribution in [-0.2, 0) is 20.0 Å². The molecule has 0 saturated heterocycles. The minimum Gasteiger partial charge on any atom is -0.356 e. The minimum absolute atomic E-state index is 0.427. The van der Waals surface area contributed by atoms with Gasteiger partial charge in [-0.1, -0.05) is 6.07 Å². The molecule has 1 heterocycles. The molecule has 0 aliphatic rings. The molecule has 118 valence electrons. The number of benzene rings is 1. The lowest BCUT2D eigenvalue weighted by Crippen LogP contribution is -2.38. The molecule has 0 radical (unpaired) electrons. The molecule has 0 aliphatic carbocycles. The minimum atomic E-state index is -0.574. The Morgan fingerprint density at radius 1 is 1.32 bits per heavy atom. The van der Waals surface area contributed by atoms with Crippen molar-refractivity contribution < 1.29 is 8.78 Å². The summed E-state index contributed by atoms with van der Waals surface area (Å²) < 4.78 is 28.0. The Hall–Kier alpha value is -2.51. The topological polar surface area (TPSA) is 67.1 Å². The second-order valence-electron chi connectivity index (χ2n) is 4.64. The highest BCUT2D eigenvalue weighted by Crippen LogP contribution is 2.09. The SMILES string of the molecule is CN=C(NCCc1ccc(F)cc1F)NCc1ncnn1C. The van der Waals surface area contributed by atoms with Gasteiger partial charge in [0, 0.05) is 26.7 Å². The van der Waals surface area contributed by atoms with E-state index in [-0.39, 0.29) is 0 Å². The fourth-order valence-electron chi connectivity index (χ4n) is 1.90. The number of aryl methyl sites for hydroxylation is 1. The Labute approximate surface area is 127 Å². The van der Waals surface area contributed by atoms with E-state index in [1.165, 1.54) is 18.5 Å². The number of hydrogen-bond donors (Lipinski definition) is 2. The van der Waals surface area contributed by atoms with Gasteiger partial charge in [0.2, 0.25) is 0 Å². The van der Waals surface area contributed by atoms with Crippen LogP contribution in [-0.4, -0.2) is 34.3 Å². The highest BCUT2D eigenvalue weighted by molar-refractivity contribution is 5.79. The summed E-state index contributed by atoms with van der Waals surface area (Å²) in [6.45, 7) is 0.947. The maximum Gasteiger partial charge on any atom is 0.191 e. The standard InChI is InChI=1S/C14H18F2N6/c1-17-14(19-8-13-20-9-21-22(13)2)18-6-5-10-3-4-11(15)7-12(10)16/h3-4,7,9H,5-6,8H2,1-2H3,(H2,17,18,19). The lowest BCUT2D eigenvalue weighted by molar-refractivity contribution is 0.570. The predicted octanol–water partition coefficient (Wildman–Crippen LogP) is 1.00. The second-order valence-corrected chi connectivity index (χ2v) is 4.64. The van der Waals surface area contributed by atoms with Crippen LogP contribution >= 0.6 is 0 Å². The van der Waals surface area contributed by atoms with Crippen LogP contribution < -0.4 is 10.6 Å². The molecule has 6 nitrogen and oxygen atoms in total. The van der Waals surface area contributed by atoms with Crippen LogP contribution in [0.1, 0.15) is 11.4 Å². The molecule has 0 atom stereocenters. The quantitative estimate of drug-likeness (QED) is 0.639. The van der Waals surface area contributed by atoms with Crippen LogP contribution in [0.4, 0.5) is 8.78 Å². The van der Waals surface area contributed by atoms with Crippen LogP contribution in [0.2, 0.25) is 0 Å². The van der Waals surface area contributed by atoms with Crippen LogP contribution in [0.5, 0.6) is 0 Å². The number of halogens is 2. The predicted molar refractivity (Wildman–Crippen MR) is 79.3 cm³/mol. The largest absolute Gasteiger partial charge is 0.356 e. The van der Waals surface area contributed by atoms with Crippen molar-refractivity contribution >= 4 is 5.96 Å². The van der Waals surface area contributed by atoms with Crippen LogP contribution in [0.15, 0.2) is 29.5 Å². The van der Waals surface area contributed by atoms with E-state index < -0.39 is 11.6 Å². The average molecular weight is 308 g/mol. The van der Waals surface area contributed by atoms with E-state index >= 15 is 0 Å². The Balaban J connectivity index is 1.80. The van der Waals surface area contributed by atoms with Crippen molar-refractivity contribution in [1.82, 2.24) is 25.4 Å². The van der Waals surface area contributed by atoms with Crippen molar-refractivity contribution in [3.05, 3.63) is 47.5 Å². The molecule has 22 heavy (non-hydrogen) atoms. The van der Waals surface area contributed by atoms with Crippen LogP contribution in [0, 0.1) is 11.6 Å². The molecule has 0 amide bonds. The lowest BCUT2D eigenvalue weighted by Gasteiger charge is -2.11. The first-order valence-corrected chi connectivity index (χ1v) is 6.81. The van der Waals surface area contributed by atoms with Gasteiger partial charge in [-0.25, -0.2) is 13.8 Å². The van der Waals surface area contributed by atoms with Crippen LogP contribution in [0.25, 0.3) is 0 Å². The van der Waals surface area contributed by atoms with Crippen molar-refractivity contribution in [2.24, 2.45) is 12.0 Å². The molecule has 1 aromatic heterocycles. The van der Waals surface area contributed by atoms with Crippen LogP contribution in [0.3, 0.4) is 0 Å². The van der Waals surface area contributed by atoms with Gasteiger partial charge in [0.05, 0.1) is 6.54 Å². The normalized spacial score (nSPS) is 11.5. The molecule has 2 rings (SSSR count). The number of hydrogen-bond acceptors (Lipinski definition) is 3. The van der Waals surface area contributed by atoms with E-state index in [1.54, 1.807) is 18.8 Å². The molecule has 2 aromatic rings. The van der Waals surface area contributed by atoms with Gasteiger partial charge < -0.3 is 10.6 Å². The van der Waals surface area contributed by atoms with Gasteiger partial charge in [-0.15, -0.1) is 0 Å².